The van der Waals surface area contributed by atoms with Gasteiger partial charge in [-0.3, -0.25) is 0 Å². The molecule has 4 nitrogen and oxygen atoms in total. The van der Waals surface area contributed by atoms with Crippen LogP contribution in [0.4, 0.5) is 10.1 Å². The van der Waals surface area contributed by atoms with Crippen LogP contribution in [0.25, 0.3) is 0 Å². The van der Waals surface area contributed by atoms with Crippen molar-refractivity contribution in [1.29, 1.82) is 0 Å². The maximum Gasteiger partial charge on any atom is 0.243 e. The Bertz CT molecular complexity index is 716. The number of hydrogen-bond acceptors (Lipinski definition) is 4. The summed E-state index contributed by atoms with van der Waals surface area (Å²) in [6.45, 7) is 0.170. The molecule has 1 aromatic carbocycles. The molecule has 1 aromatic heterocycles. The van der Waals surface area contributed by atoms with Gasteiger partial charge in [-0.05, 0) is 36.8 Å². The summed E-state index contributed by atoms with van der Waals surface area (Å²) in [5, 5.41) is 0. The largest absolute Gasteiger partial charge is 0.399 e. The van der Waals surface area contributed by atoms with Crippen LogP contribution in [0.5, 0.6) is 0 Å². The maximum absolute atomic E-state index is 13.6. The monoisotopic (exact) mass is 334 g/mol. The van der Waals surface area contributed by atoms with Crippen molar-refractivity contribution in [2.75, 3.05) is 12.3 Å². The number of benzene rings is 1. The quantitative estimate of drug-likeness (QED) is 0.826. The number of halogens is 2. The Labute approximate surface area is 125 Å². The smallest absolute Gasteiger partial charge is 0.243 e. The van der Waals surface area contributed by atoms with Gasteiger partial charge in [0, 0.05) is 17.1 Å². The number of rotatable bonds is 5. The fraction of sp³-hybridized carbons (Fsp3) is 0.167. The molecule has 0 saturated heterocycles. The molecule has 0 aliphatic carbocycles. The first-order valence-corrected chi connectivity index (χ1v) is 8.35. The molecule has 0 amide bonds. The number of nitrogen functional groups attached to an aromatic ring is 1. The minimum atomic E-state index is -3.88. The van der Waals surface area contributed by atoms with Gasteiger partial charge in [0.2, 0.25) is 10.0 Å². The molecular weight excluding hydrogens is 323 g/mol. The molecule has 2 rings (SSSR count). The molecule has 108 valence electrons. The second-order valence-corrected chi connectivity index (χ2v) is 7.58. The van der Waals surface area contributed by atoms with Crippen molar-refractivity contribution in [2.45, 2.75) is 11.3 Å². The summed E-state index contributed by atoms with van der Waals surface area (Å²) in [7, 11) is -3.88. The van der Waals surface area contributed by atoms with E-state index >= 15 is 0 Å². The van der Waals surface area contributed by atoms with Crippen LogP contribution in [0.15, 0.2) is 35.2 Å². The first-order valence-electron chi connectivity index (χ1n) is 5.67. The molecule has 0 bridgehead atoms. The Kier molecular flexibility index (Phi) is 4.64. The highest BCUT2D eigenvalue weighted by molar-refractivity contribution is 7.89. The second-order valence-electron chi connectivity index (χ2n) is 4.04. The molecule has 2 aromatic rings. The van der Waals surface area contributed by atoms with Crippen LogP contribution < -0.4 is 10.5 Å². The van der Waals surface area contributed by atoms with Crippen molar-refractivity contribution < 1.29 is 12.8 Å². The zero-order valence-electron chi connectivity index (χ0n) is 10.3. The van der Waals surface area contributed by atoms with Crippen molar-refractivity contribution in [2.24, 2.45) is 0 Å². The number of nitrogens with two attached hydrogens (primary N) is 1. The summed E-state index contributed by atoms with van der Waals surface area (Å²) in [5.41, 5.74) is 5.56. The van der Waals surface area contributed by atoms with Crippen LogP contribution in [-0.4, -0.2) is 15.0 Å². The Morgan fingerprint density at radius 1 is 1.30 bits per heavy atom. The van der Waals surface area contributed by atoms with Crippen molar-refractivity contribution >= 4 is 38.6 Å². The Morgan fingerprint density at radius 3 is 2.65 bits per heavy atom. The fourth-order valence-corrected chi connectivity index (χ4v) is 3.78. The molecule has 0 unspecified atom stereocenters. The normalized spacial score (nSPS) is 11.7. The summed E-state index contributed by atoms with van der Waals surface area (Å²) in [5.74, 6) is -0.864. The standard InChI is InChI=1S/C12H12ClFN2O2S2/c13-12-4-2-9(19-12)5-6-16-20(17,18)11-3-1-8(15)7-10(11)14/h1-4,7,16H,5-6,15H2. The average molecular weight is 335 g/mol. The van der Waals surface area contributed by atoms with E-state index in [9.17, 15) is 12.8 Å². The number of hydrogen-bond donors (Lipinski definition) is 2. The molecule has 0 spiro atoms. The number of anilines is 1. The highest BCUT2D eigenvalue weighted by Crippen LogP contribution is 2.22. The van der Waals surface area contributed by atoms with Crippen LogP contribution in [0.3, 0.4) is 0 Å². The van der Waals surface area contributed by atoms with Gasteiger partial charge in [-0.15, -0.1) is 11.3 Å². The van der Waals surface area contributed by atoms with E-state index in [1.807, 2.05) is 6.07 Å². The van der Waals surface area contributed by atoms with Gasteiger partial charge in [-0.2, -0.15) is 0 Å². The highest BCUT2D eigenvalue weighted by atomic mass is 35.5. The summed E-state index contributed by atoms with van der Waals surface area (Å²) in [6.07, 6.45) is 0.493. The third-order valence-electron chi connectivity index (χ3n) is 2.54. The maximum atomic E-state index is 13.6. The van der Waals surface area contributed by atoms with E-state index in [2.05, 4.69) is 4.72 Å². The van der Waals surface area contributed by atoms with Crippen molar-refractivity contribution in [3.63, 3.8) is 0 Å². The van der Waals surface area contributed by atoms with E-state index < -0.39 is 20.7 Å². The lowest BCUT2D eigenvalue weighted by atomic mass is 10.3. The predicted molar refractivity (Wildman–Crippen MR) is 79.0 cm³/mol. The summed E-state index contributed by atoms with van der Waals surface area (Å²) in [6, 6.07) is 7.04. The lowest BCUT2D eigenvalue weighted by molar-refractivity contribution is 0.557. The molecule has 0 aliphatic rings. The van der Waals surface area contributed by atoms with E-state index in [1.54, 1.807) is 6.07 Å². The van der Waals surface area contributed by atoms with Gasteiger partial charge in [0.05, 0.1) is 4.34 Å². The van der Waals surface area contributed by atoms with Gasteiger partial charge in [0.15, 0.2) is 0 Å². The lowest BCUT2D eigenvalue weighted by Gasteiger charge is -2.07. The van der Waals surface area contributed by atoms with Gasteiger partial charge < -0.3 is 5.73 Å². The first kappa shape index (κ1) is 15.2. The van der Waals surface area contributed by atoms with Crippen LogP contribution in [0.2, 0.25) is 4.34 Å². The molecule has 0 radical (unpaired) electrons. The van der Waals surface area contributed by atoms with E-state index in [4.69, 9.17) is 17.3 Å². The Balaban J connectivity index is 2.04. The minimum Gasteiger partial charge on any atom is -0.399 e. The molecule has 0 saturated carbocycles. The van der Waals surface area contributed by atoms with Crippen LogP contribution >= 0.6 is 22.9 Å². The third kappa shape index (κ3) is 3.69. The van der Waals surface area contributed by atoms with Crippen LogP contribution in [0.1, 0.15) is 4.88 Å². The van der Waals surface area contributed by atoms with Crippen LogP contribution in [0, 0.1) is 5.82 Å². The van der Waals surface area contributed by atoms with Gasteiger partial charge in [0.1, 0.15) is 10.7 Å². The highest BCUT2D eigenvalue weighted by Gasteiger charge is 2.18. The zero-order chi connectivity index (χ0) is 14.8. The first-order chi connectivity index (χ1) is 9.38. The molecular formula is C12H12ClFN2O2S2. The van der Waals surface area contributed by atoms with E-state index in [-0.39, 0.29) is 12.2 Å². The topological polar surface area (TPSA) is 72.2 Å². The van der Waals surface area contributed by atoms with Crippen molar-refractivity contribution in [1.82, 2.24) is 4.72 Å². The Hall–Kier alpha value is -1.15. The second kappa shape index (κ2) is 6.09. The predicted octanol–water partition coefficient (Wildman–Crippen LogP) is 2.64. The van der Waals surface area contributed by atoms with E-state index in [0.29, 0.717) is 10.8 Å². The van der Waals surface area contributed by atoms with Crippen molar-refractivity contribution in [3.8, 4) is 0 Å². The minimum absolute atomic E-state index is 0.170. The van der Waals surface area contributed by atoms with Crippen molar-refractivity contribution in [3.05, 3.63) is 45.4 Å². The van der Waals surface area contributed by atoms with Gasteiger partial charge in [-0.25, -0.2) is 17.5 Å². The third-order valence-corrected chi connectivity index (χ3v) is 5.32. The van der Waals surface area contributed by atoms with Gasteiger partial charge in [0.25, 0.3) is 0 Å². The Morgan fingerprint density at radius 2 is 2.05 bits per heavy atom. The molecule has 0 fully saturated rings. The molecule has 20 heavy (non-hydrogen) atoms. The number of nitrogens with one attached hydrogen (secondary N) is 1. The summed E-state index contributed by atoms with van der Waals surface area (Å²) >= 11 is 7.16. The van der Waals surface area contributed by atoms with Crippen LogP contribution in [-0.2, 0) is 16.4 Å². The fourth-order valence-electron chi connectivity index (χ4n) is 1.61. The molecule has 0 atom stereocenters. The SMILES string of the molecule is Nc1ccc(S(=O)(=O)NCCc2ccc(Cl)s2)c(F)c1. The molecule has 8 heteroatoms. The molecule has 0 aliphatic heterocycles. The summed E-state index contributed by atoms with van der Waals surface area (Å²) < 4.78 is 40.5. The summed E-state index contributed by atoms with van der Waals surface area (Å²) in [4.78, 5) is 0.548. The van der Waals surface area contributed by atoms with Gasteiger partial charge >= 0.3 is 0 Å². The number of thiophene rings is 1. The average Bonchev–Trinajstić information content (AvgIpc) is 2.74. The molecule has 1 heterocycles. The van der Waals surface area contributed by atoms with E-state index in [0.717, 1.165) is 17.0 Å². The molecule has 3 N–H and O–H groups in total. The zero-order valence-corrected chi connectivity index (χ0v) is 12.7. The number of sulfonamides is 1. The van der Waals surface area contributed by atoms with E-state index in [1.165, 1.54) is 17.4 Å². The van der Waals surface area contributed by atoms with Gasteiger partial charge in [-0.1, -0.05) is 11.6 Å². The lowest BCUT2D eigenvalue weighted by Crippen LogP contribution is -2.26.